The molecule has 0 spiro atoms. The number of aromatic nitrogens is 1. The smallest absolute Gasteiger partial charge is 0.410 e. The average molecular weight is 264 g/mol. The van der Waals surface area contributed by atoms with Gasteiger partial charge in [-0.1, -0.05) is 12.7 Å². The largest absolute Gasteiger partial charge is 0.477 e. The van der Waals surface area contributed by atoms with Crippen LogP contribution in [0, 0.1) is 0 Å². The second kappa shape index (κ2) is 5.17. The van der Waals surface area contributed by atoms with Gasteiger partial charge in [-0.2, -0.15) is 0 Å². The van der Waals surface area contributed by atoms with E-state index < -0.39 is 12.1 Å². The van der Waals surface area contributed by atoms with Crippen molar-refractivity contribution in [1.29, 1.82) is 0 Å². The van der Waals surface area contributed by atoms with Crippen LogP contribution in [-0.4, -0.2) is 39.8 Å². The lowest BCUT2D eigenvalue weighted by molar-refractivity contribution is 0.0674. The Balaban J connectivity index is 2.20. The minimum absolute atomic E-state index is 0.170. The Bertz CT molecular complexity index is 521. The van der Waals surface area contributed by atoms with Crippen molar-refractivity contribution >= 4 is 12.1 Å². The molecule has 1 amide bonds. The Morgan fingerprint density at radius 3 is 2.89 bits per heavy atom. The van der Waals surface area contributed by atoms with Gasteiger partial charge in [0, 0.05) is 18.8 Å². The number of fused-ring (bicyclic) bond motifs is 1. The molecule has 1 N–H and O–H groups in total. The summed E-state index contributed by atoms with van der Waals surface area (Å²) in [6, 6.07) is 3.09. The molecule has 1 unspecified atom stereocenters. The Kier molecular flexibility index (Phi) is 3.59. The zero-order chi connectivity index (χ0) is 14.0. The van der Waals surface area contributed by atoms with Crippen molar-refractivity contribution in [3.8, 4) is 0 Å². The summed E-state index contributed by atoms with van der Waals surface area (Å²) in [4.78, 5) is 24.5. The predicted molar refractivity (Wildman–Crippen MR) is 68.1 cm³/mol. The number of carbonyl (C=O) groups is 2. The first-order valence-corrected chi connectivity index (χ1v) is 6.03. The Morgan fingerprint density at radius 2 is 2.26 bits per heavy atom. The quantitative estimate of drug-likeness (QED) is 0.846. The standard InChI is InChI=1S/C13H16N2O4/c1-3-8-19-13(18)14-6-7-15-10(9(14)2)4-5-11(15)12(16)17/h3-5,9H,1,6-8H2,2H3,(H,16,17). The van der Waals surface area contributed by atoms with E-state index >= 15 is 0 Å². The summed E-state index contributed by atoms with van der Waals surface area (Å²) >= 11 is 0. The molecule has 1 aromatic rings. The molecule has 1 aromatic heterocycles. The molecule has 0 aliphatic carbocycles. The van der Waals surface area contributed by atoms with Crippen LogP contribution in [0.1, 0.15) is 29.1 Å². The fraction of sp³-hybridized carbons (Fsp3) is 0.385. The lowest BCUT2D eigenvalue weighted by Crippen LogP contribution is -2.41. The number of hydrogen-bond acceptors (Lipinski definition) is 3. The number of carbonyl (C=O) groups excluding carboxylic acids is 1. The molecule has 0 bridgehead atoms. The second-order valence-corrected chi connectivity index (χ2v) is 4.34. The highest BCUT2D eigenvalue weighted by Gasteiger charge is 2.30. The number of carboxylic acid groups (broad SMARTS) is 1. The highest BCUT2D eigenvalue weighted by atomic mass is 16.6. The number of hydrogen-bond donors (Lipinski definition) is 1. The second-order valence-electron chi connectivity index (χ2n) is 4.34. The predicted octanol–water partition coefficient (Wildman–Crippen LogP) is 1.89. The van der Waals surface area contributed by atoms with Gasteiger partial charge in [0.2, 0.25) is 0 Å². The lowest BCUT2D eigenvalue weighted by Gasteiger charge is -2.34. The lowest BCUT2D eigenvalue weighted by atomic mass is 10.1. The molecule has 0 saturated carbocycles. The number of carboxylic acids is 1. The molecule has 6 nitrogen and oxygen atoms in total. The SMILES string of the molecule is C=CCOC(=O)N1CCn2c(C(=O)O)ccc2C1C. The maximum Gasteiger partial charge on any atom is 0.410 e. The van der Waals surface area contributed by atoms with Gasteiger partial charge in [0.25, 0.3) is 0 Å². The van der Waals surface area contributed by atoms with E-state index in [1.807, 2.05) is 6.92 Å². The fourth-order valence-corrected chi connectivity index (χ4v) is 2.31. The van der Waals surface area contributed by atoms with Gasteiger partial charge >= 0.3 is 12.1 Å². The van der Waals surface area contributed by atoms with E-state index in [-0.39, 0.29) is 18.3 Å². The molecule has 1 atom stereocenters. The molecule has 102 valence electrons. The van der Waals surface area contributed by atoms with E-state index in [2.05, 4.69) is 6.58 Å². The van der Waals surface area contributed by atoms with Crippen LogP contribution in [0.3, 0.4) is 0 Å². The zero-order valence-electron chi connectivity index (χ0n) is 10.7. The molecule has 1 aliphatic heterocycles. The molecule has 2 heterocycles. The summed E-state index contributed by atoms with van der Waals surface area (Å²) in [5.41, 5.74) is 1.06. The Morgan fingerprint density at radius 1 is 1.53 bits per heavy atom. The van der Waals surface area contributed by atoms with Gasteiger partial charge in [-0.15, -0.1) is 0 Å². The van der Waals surface area contributed by atoms with Gasteiger partial charge in [-0.3, -0.25) is 4.90 Å². The van der Waals surface area contributed by atoms with Crippen LogP contribution in [-0.2, 0) is 11.3 Å². The van der Waals surface area contributed by atoms with Crippen LogP contribution in [0.2, 0.25) is 0 Å². The van der Waals surface area contributed by atoms with Crippen molar-refractivity contribution in [2.24, 2.45) is 0 Å². The number of amides is 1. The third-order valence-corrected chi connectivity index (χ3v) is 3.25. The zero-order valence-corrected chi connectivity index (χ0v) is 10.7. The molecule has 2 rings (SSSR count). The van der Waals surface area contributed by atoms with Crippen LogP contribution in [0.15, 0.2) is 24.8 Å². The fourth-order valence-electron chi connectivity index (χ4n) is 2.31. The third kappa shape index (κ3) is 2.33. The molecule has 6 heteroatoms. The van der Waals surface area contributed by atoms with E-state index in [1.165, 1.54) is 6.08 Å². The van der Waals surface area contributed by atoms with Crippen molar-refractivity contribution < 1.29 is 19.4 Å². The molecule has 0 saturated heterocycles. The summed E-state index contributed by atoms with van der Waals surface area (Å²) in [5, 5.41) is 9.07. The summed E-state index contributed by atoms with van der Waals surface area (Å²) in [6.45, 7) is 6.40. The van der Waals surface area contributed by atoms with Crippen molar-refractivity contribution in [2.45, 2.75) is 19.5 Å². The molecular weight excluding hydrogens is 248 g/mol. The third-order valence-electron chi connectivity index (χ3n) is 3.25. The topological polar surface area (TPSA) is 71.8 Å². The van der Waals surface area contributed by atoms with E-state index in [9.17, 15) is 9.59 Å². The Hall–Kier alpha value is -2.24. The maximum absolute atomic E-state index is 11.8. The monoisotopic (exact) mass is 264 g/mol. The van der Waals surface area contributed by atoms with Crippen molar-refractivity contribution in [3.63, 3.8) is 0 Å². The van der Waals surface area contributed by atoms with E-state index in [4.69, 9.17) is 9.84 Å². The highest BCUT2D eigenvalue weighted by molar-refractivity contribution is 5.86. The number of aromatic carboxylic acids is 1. The number of rotatable bonds is 3. The van der Waals surface area contributed by atoms with Crippen LogP contribution in [0.5, 0.6) is 0 Å². The Labute approximate surface area is 110 Å². The van der Waals surface area contributed by atoms with Crippen LogP contribution in [0.4, 0.5) is 4.79 Å². The molecule has 0 aromatic carbocycles. The average Bonchev–Trinajstić information content (AvgIpc) is 2.81. The van der Waals surface area contributed by atoms with Gasteiger partial charge in [0.05, 0.1) is 6.04 Å². The first kappa shape index (κ1) is 13.2. The maximum atomic E-state index is 11.8. The summed E-state index contributed by atoms with van der Waals surface area (Å²) in [7, 11) is 0. The first-order chi connectivity index (χ1) is 9.06. The summed E-state index contributed by atoms with van der Waals surface area (Å²) in [6.07, 6.45) is 1.11. The number of ether oxygens (including phenoxy) is 1. The van der Waals surface area contributed by atoms with Crippen molar-refractivity contribution in [1.82, 2.24) is 9.47 Å². The van der Waals surface area contributed by atoms with Crippen LogP contribution < -0.4 is 0 Å². The van der Waals surface area contributed by atoms with Gasteiger partial charge < -0.3 is 14.4 Å². The van der Waals surface area contributed by atoms with Crippen LogP contribution in [0.25, 0.3) is 0 Å². The normalized spacial score (nSPS) is 17.7. The highest BCUT2D eigenvalue weighted by Crippen LogP contribution is 2.27. The van der Waals surface area contributed by atoms with Gasteiger partial charge in [0.15, 0.2) is 0 Å². The van der Waals surface area contributed by atoms with E-state index in [0.717, 1.165) is 5.69 Å². The molecular formula is C13H16N2O4. The van der Waals surface area contributed by atoms with Gasteiger partial charge in [-0.25, -0.2) is 9.59 Å². The summed E-state index contributed by atoms with van der Waals surface area (Å²) < 4.78 is 6.74. The van der Waals surface area contributed by atoms with E-state index in [1.54, 1.807) is 21.6 Å². The van der Waals surface area contributed by atoms with Crippen molar-refractivity contribution in [2.75, 3.05) is 13.2 Å². The number of nitrogens with zero attached hydrogens (tertiary/aromatic N) is 2. The van der Waals surface area contributed by atoms with Crippen LogP contribution >= 0.6 is 0 Å². The summed E-state index contributed by atoms with van der Waals surface area (Å²) in [5.74, 6) is -0.957. The van der Waals surface area contributed by atoms with Crippen molar-refractivity contribution in [3.05, 3.63) is 36.2 Å². The van der Waals surface area contributed by atoms with E-state index in [0.29, 0.717) is 13.1 Å². The molecule has 19 heavy (non-hydrogen) atoms. The minimum Gasteiger partial charge on any atom is -0.477 e. The minimum atomic E-state index is -0.957. The molecule has 1 aliphatic rings. The molecule has 0 fully saturated rings. The van der Waals surface area contributed by atoms with Gasteiger partial charge in [-0.05, 0) is 19.1 Å². The molecule has 0 radical (unpaired) electrons. The first-order valence-electron chi connectivity index (χ1n) is 6.03. The van der Waals surface area contributed by atoms with Gasteiger partial charge in [0.1, 0.15) is 12.3 Å².